The van der Waals surface area contributed by atoms with Crippen molar-refractivity contribution in [2.45, 2.75) is 63.3 Å². The molecule has 2 aromatic carbocycles. The zero-order valence-electron chi connectivity index (χ0n) is 24.3. The third-order valence-electron chi connectivity index (χ3n) is 7.61. The van der Waals surface area contributed by atoms with Crippen LogP contribution < -0.4 is 15.8 Å². The number of benzene rings is 2. The fourth-order valence-corrected chi connectivity index (χ4v) is 7.55. The summed E-state index contributed by atoms with van der Waals surface area (Å²) < 4.78 is 49.7. The first-order valence-corrected chi connectivity index (χ1v) is 15.8. The lowest BCUT2D eigenvalue weighted by Crippen LogP contribution is -2.58. The number of ether oxygens (including phenoxy) is 1. The summed E-state index contributed by atoms with van der Waals surface area (Å²) in [6.07, 6.45) is 2.71. The van der Waals surface area contributed by atoms with Crippen LogP contribution in [0.5, 0.6) is 0 Å². The van der Waals surface area contributed by atoms with E-state index in [9.17, 15) is 22.4 Å². The van der Waals surface area contributed by atoms with Crippen molar-refractivity contribution in [3.05, 3.63) is 76.3 Å². The number of hydrogen-bond donors (Lipinski definition) is 3. The van der Waals surface area contributed by atoms with Crippen LogP contribution in [-0.4, -0.2) is 68.6 Å². The third kappa shape index (κ3) is 8.34. The SMILES string of the molecule is CC(C)(N)C(=O)N[C@H](COCc1ccccc1)C(=O)N(CCF)CC1=C(c2ccc(Cl)cc2)S(=O)(=O)NC12CCCC2.Cl. The topological polar surface area (TPSA) is 131 Å². The lowest BCUT2D eigenvalue weighted by molar-refractivity contribution is -0.139. The number of nitrogens with one attached hydrogen (secondary N) is 2. The van der Waals surface area contributed by atoms with Gasteiger partial charge in [0.05, 0.1) is 29.2 Å². The summed E-state index contributed by atoms with van der Waals surface area (Å²) in [6.45, 7) is 1.70. The Kier molecular flexibility index (Phi) is 11.8. The Labute approximate surface area is 263 Å². The predicted molar refractivity (Wildman–Crippen MR) is 168 cm³/mol. The van der Waals surface area contributed by atoms with Gasteiger partial charge >= 0.3 is 0 Å². The molecular weight excluding hydrogens is 618 g/mol. The van der Waals surface area contributed by atoms with E-state index in [1.807, 2.05) is 30.3 Å². The van der Waals surface area contributed by atoms with Gasteiger partial charge in [0.2, 0.25) is 21.8 Å². The van der Waals surface area contributed by atoms with Crippen molar-refractivity contribution in [2.24, 2.45) is 5.73 Å². The summed E-state index contributed by atoms with van der Waals surface area (Å²) in [5, 5.41) is 3.12. The molecule has 1 aliphatic heterocycles. The number of sulfonamides is 1. The van der Waals surface area contributed by atoms with E-state index in [1.165, 1.54) is 18.7 Å². The molecule has 13 heteroatoms. The molecule has 9 nitrogen and oxygen atoms in total. The molecule has 4 rings (SSSR count). The summed E-state index contributed by atoms with van der Waals surface area (Å²) in [7, 11) is -3.94. The molecule has 1 saturated carbocycles. The monoisotopic (exact) mass is 656 g/mol. The van der Waals surface area contributed by atoms with Gasteiger partial charge in [0, 0.05) is 18.1 Å². The van der Waals surface area contributed by atoms with Gasteiger partial charge in [-0.3, -0.25) is 9.59 Å². The van der Waals surface area contributed by atoms with E-state index in [2.05, 4.69) is 10.0 Å². The highest BCUT2D eigenvalue weighted by Crippen LogP contribution is 2.47. The predicted octanol–water partition coefficient (Wildman–Crippen LogP) is 3.96. The van der Waals surface area contributed by atoms with Gasteiger partial charge in [0.15, 0.2) is 0 Å². The number of rotatable bonds is 12. The minimum Gasteiger partial charge on any atom is -0.374 e. The number of halogens is 3. The van der Waals surface area contributed by atoms with Gasteiger partial charge in [-0.2, -0.15) is 0 Å². The summed E-state index contributed by atoms with van der Waals surface area (Å²) >= 11 is 6.07. The second kappa shape index (κ2) is 14.5. The van der Waals surface area contributed by atoms with Crippen molar-refractivity contribution in [1.29, 1.82) is 0 Å². The van der Waals surface area contributed by atoms with Crippen LogP contribution in [0.25, 0.3) is 4.91 Å². The second-order valence-electron chi connectivity index (χ2n) is 11.4. The number of hydrogen-bond acceptors (Lipinski definition) is 6. The van der Waals surface area contributed by atoms with E-state index in [1.54, 1.807) is 24.3 Å². The molecule has 4 N–H and O–H groups in total. The number of nitrogens with zero attached hydrogens (tertiary/aromatic N) is 1. The Bertz CT molecular complexity index is 1410. The average Bonchev–Trinajstić information content (AvgIpc) is 3.48. The van der Waals surface area contributed by atoms with Crippen LogP contribution in [0.15, 0.2) is 60.2 Å². The third-order valence-corrected chi connectivity index (χ3v) is 9.54. The first-order chi connectivity index (χ1) is 19.9. The molecule has 0 aromatic heterocycles. The number of alkyl halides is 1. The van der Waals surface area contributed by atoms with Gasteiger partial charge < -0.3 is 20.7 Å². The molecule has 2 aromatic rings. The Balaban J connectivity index is 0.00000506. The molecule has 0 unspecified atom stereocenters. The first kappa shape index (κ1) is 34.9. The highest BCUT2D eigenvalue weighted by atomic mass is 35.5. The van der Waals surface area contributed by atoms with Crippen LogP contribution in [0.3, 0.4) is 0 Å². The molecule has 0 saturated heterocycles. The molecule has 0 bridgehead atoms. The highest BCUT2D eigenvalue weighted by Gasteiger charge is 2.51. The Morgan fingerprint density at radius 1 is 1.14 bits per heavy atom. The summed E-state index contributed by atoms with van der Waals surface area (Å²) in [4.78, 5) is 28.2. The van der Waals surface area contributed by atoms with E-state index in [4.69, 9.17) is 22.1 Å². The fraction of sp³-hybridized carbons (Fsp3) is 0.467. The van der Waals surface area contributed by atoms with Gasteiger partial charge in [-0.25, -0.2) is 17.5 Å². The molecule has 2 aliphatic rings. The van der Waals surface area contributed by atoms with Crippen LogP contribution in [-0.2, 0) is 31.0 Å². The maximum atomic E-state index is 14.0. The lowest BCUT2D eigenvalue weighted by atomic mass is 9.87. The minimum atomic E-state index is -3.94. The molecule has 1 fully saturated rings. The molecule has 1 spiro atoms. The Morgan fingerprint density at radius 2 is 1.77 bits per heavy atom. The van der Waals surface area contributed by atoms with Crippen LogP contribution in [0.1, 0.15) is 50.7 Å². The van der Waals surface area contributed by atoms with Crippen LogP contribution in [0.2, 0.25) is 5.02 Å². The maximum absolute atomic E-state index is 14.0. The number of carbonyl (C=O) groups excluding carboxylic acids is 2. The summed E-state index contributed by atoms with van der Waals surface area (Å²) in [6, 6.07) is 14.6. The smallest absolute Gasteiger partial charge is 0.247 e. The standard InChI is InChI=1S/C30H38ClFN4O5S.ClH/c1-29(2,33)28(38)34-25(20-41-19-21-8-4-3-5-9-21)27(37)36(17-16-32)18-24-26(22-10-12-23(31)13-11-22)42(39,40)35-30(24)14-6-7-15-30;/h3-5,8-13,25,35H,6-7,14-20,33H2,1-2H3,(H,34,38);1H/t25-;/m1./s1. The Hall–Kier alpha value is -2.54. The maximum Gasteiger partial charge on any atom is 0.247 e. The molecule has 2 amide bonds. The van der Waals surface area contributed by atoms with Gasteiger partial charge in [0.25, 0.3) is 0 Å². The lowest BCUT2D eigenvalue weighted by Gasteiger charge is -2.33. The van der Waals surface area contributed by atoms with E-state index < -0.39 is 45.6 Å². The quantitative estimate of drug-likeness (QED) is 0.317. The van der Waals surface area contributed by atoms with Crippen LogP contribution in [0, 0.1) is 0 Å². The van der Waals surface area contributed by atoms with Crippen LogP contribution >= 0.6 is 24.0 Å². The van der Waals surface area contributed by atoms with Gasteiger partial charge in [0.1, 0.15) is 12.7 Å². The molecule has 1 atom stereocenters. The molecule has 236 valence electrons. The highest BCUT2D eigenvalue weighted by molar-refractivity contribution is 7.99. The molecule has 0 radical (unpaired) electrons. The number of nitrogens with two attached hydrogens (primary N) is 1. The van der Waals surface area contributed by atoms with Crippen molar-refractivity contribution in [1.82, 2.24) is 14.9 Å². The largest absolute Gasteiger partial charge is 0.374 e. The van der Waals surface area contributed by atoms with Gasteiger partial charge in [-0.05, 0) is 55.5 Å². The van der Waals surface area contributed by atoms with Crippen molar-refractivity contribution in [2.75, 3.05) is 26.4 Å². The van der Waals surface area contributed by atoms with Crippen LogP contribution in [0.4, 0.5) is 4.39 Å². The van der Waals surface area contributed by atoms with E-state index >= 15 is 0 Å². The molecular formula is C30H39Cl2FN4O5S. The normalized spacial score (nSPS) is 17.9. The molecule has 43 heavy (non-hydrogen) atoms. The summed E-state index contributed by atoms with van der Waals surface area (Å²) in [5.74, 6) is -1.18. The summed E-state index contributed by atoms with van der Waals surface area (Å²) in [5.41, 5.74) is 5.62. The zero-order chi connectivity index (χ0) is 30.5. The average molecular weight is 658 g/mol. The minimum absolute atomic E-state index is 0. The van der Waals surface area contributed by atoms with E-state index in [-0.39, 0.29) is 43.6 Å². The van der Waals surface area contributed by atoms with Crippen molar-refractivity contribution >= 4 is 50.8 Å². The molecule has 1 heterocycles. The second-order valence-corrected chi connectivity index (χ2v) is 13.5. The van der Waals surface area contributed by atoms with E-state index in [0.29, 0.717) is 29.0 Å². The van der Waals surface area contributed by atoms with Gasteiger partial charge in [-0.1, -0.05) is 66.9 Å². The number of amides is 2. The van der Waals surface area contributed by atoms with Crippen molar-refractivity contribution in [3.8, 4) is 0 Å². The fourth-order valence-electron chi connectivity index (χ4n) is 5.45. The van der Waals surface area contributed by atoms with Crippen molar-refractivity contribution < 1.29 is 27.1 Å². The molecule has 1 aliphatic carbocycles. The Morgan fingerprint density at radius 3 is 2.35 bits per heavy atom. The first-order valence-electron chi connectivity index (χ1n) is 14.0. The number of carbonyl (C=O) groups is 2. The zero-order valence-corrected chi connectivity index (χ0v) is 26.7. The van der Waals surface area contributed by atoms with E-state index in [0.717, 1.165) is 18.4 Å². The van der Waals surface area contributed by atoms with Gasteiger partial charge in [-0.15, -0.1) is 12.4 Å². The van der Waals surface area contributed by atoms with Crippen molar-refractivity contribution in [3.63, 3.8) is 0 Å².